The topological polar surface area (TPSA) is 47.0 Å². The average Bonchev–Trinajstić information content (AvgIpc) is 2.69. The number of fused-ring (bicyclic) bond motifs is 1. The summed E-state index contributed by atoms with van der Waals surface area (Å²) >= 11 is 0. The lowest BCUT2D eigenvalue weighted by molar-refractivity contribution is 0.504. The molecule has 140 valence electrons. The summed E-state index contributed by atoms with van der Waals surface area (Å²) in [6.45, 7) is 0. The molecular formula is C21H12F3NO2S. The van der Waals surface area contributed by atoms with Gasteiger partial charge in [0.25, 0.3) is 0 Å². The molecule has 0 aliphatic carbocycles. The van der Waals surface area contributed by atoms with Crippen molar-refractivity contribution >= 4 is 20.7 Å². The van der Waals surface area contributed by atoms with E-state index in [4.69, 9.17) is 0 Å². The van der Waals surface area contributed by atoms with Crippen LogP contribution in [0.15, 0.2) is 82.7 Å². The molecule has 1 heterocycles. The van der Waals surface area contributed by atoms with E-state index in [1.807, 2.05) is 0 Å². The summed E-state index contributed by atoms with van der Waals surface area (Å²) in [7, 11) is -4.22. The molecule has 28 heavy (non-hydrogen) atoms. The van der Waals surface area contributed by atoms with E-state index in [0.29, 0.717) is 28.1 Å². The minimum absolute atomic E-state index is 0.337. The molecule has 4 rings (SSSR count). The van der Waals surface area contributed by atoms with E-state index >= 15 is 0 Å². The summed E-state index contributed by atoms with van der Waals surface area (Å²) < 4.78 is 66.4. The summed E-state index contributed by atoms with van der Waals surface area (Å²) in [5.74, 6) is -2.89. The van der Waals surface area contributed by atoms with E-state index in [1.54, 1.807) is 30.3 Å². The second-order valence-electron chi connectivity index (χ2n) is 6.11. The van der Waals surface area contributed by atoms with Crippen LogP contribution in [0.25, 0.3) is 22.0 Å². The van der Waals surface area contributed by atoms with E-state index in [1.165, 1.54) is 24.3 Å². The lowest BCUT2D eigenvalue weighted by atomic mass is 10.0. The molecule has 3 aromatic carbocycles. The number of benzene rings is 3. The zero-order chi connectivity index (χ0) is 19.9. The number of aromatic nitrogens is 1. The van der Waals surface area contributed by atoms with Gasteiger partial charge in [-0.15, -0.1) is 0 Å². The molecule has 0 N–H and O–H groups in total. The number of hydrogen-bond donors (Lipinski definition) is 0. The number of halogens is 3. The summed E-state index contributed by atoms with van der Waals surface area (Å²) in [5, 5.41) is 0.300. The zero-order valence-electron chi connectivity index (χ0n) is 14.2. The standard InChI is InChI=1S/C21H12F3NO2S/c22-14-5-3-4-13(10-14)17-12-21(25-20-7-2-1-6-16(17)20)28(26,27)15-8-9-18(23)19(24)11-15/h1-12H. The highest BCUT2D eigenvalue weighted by Crippen LogP contribution is 2.32. The highest BCUT2D eigenvalue weighted by molar-refractivity contribution is 7.91. The summed E-state index contributed by atoms with van der Waals surface area (Å²) in [4.78, 5) is 3.77. The molecule has 0 saturated carbocycles. The van der Waals surface area contributed by atoms with Crippen molar-refractivity contribution in [2.45, 2.75) is 9.92 Å². The first-order valence-electron chi connectivity index (χ1n) is 8.22. The van der Waals surface area contributed by atoms with E-state index in [2.05, 4.69) is 4.98 Å². The van der Waals surface area contributed by atoms with Gasteiger partial charge in [-0.05, 0) is 53.6 Å². The molecule has 0 bridgehead atoms. The van der Waals surface area contributed by atoms with E-state index in [9.17, 15) is 21.6 Å². The normalized spacial score (nSPS) is 11.7. The first-order valence-corrected chi connectivity index (χ1v) is 9.70. The first kappa shape index (κ1) is 18.2. The molecule has 0 radical (unpaired) electrons. The molecule has 7 heteroatoms. The van der Waals surface area contributed by atoms with E-state index < -0.39 is 32.2 Å². The molecule has 3 nitrogen and oxygen atoms in total. The van der Waals surface area contributed by atoms with Gasteiger partial charge in [0.1, 0.15) is 5.82 Å². The van der Waals surface area contributed by atoms with Crippen LogP contribution in [0.3, 0.4) is 0 Å². The van der Waals surface area contributed by atoms with Gasteiger partial charge < -0.3 is 0 Å². The monoisotopic (exact) mass is 399 g/mol. The Morgan fingerprint density at radius 1 is 0.750 bits per heavy atom. The predicted molar refractivity (Wildman–Crippen MR) is 98.9 cm³/mol. The van der Waals surface area contributed by atoms with Crippen LogP contribution in [0.5, 0.6) is 0 Å². The van der Waals surface area contributed by atoms with Crippen LogP contribution >= 0.6 is 0 Å². The lowest BCUT2D eigenvalue weighted by Gasteiger charge is -2.11. The van der Waals surface area contributed by atoms with Crippen molar-refractivity contribution < 1.29 is 21.6 Å². The van der Waals surface area contributed by atoms with Gasteiger partial charge in [0.2, 0.25) is 9.84 Å². The van der Waals surface area contributed by atoms with Crippen molar-refractivity contribution in [2.75, 3.05) is 0 Å². The molecular weight excluding hydrogens is 387 g/mol. The molecule has 0 unspecified atom stereocenters. The van der Waals surface area contributed by atoms with Gasteiger partial charge in [-0.2, -0.15) is 0 Å². The van der Waals surface area contributed by atoms with Crippen LogP contribution in [0.1, 0.15) is 0 Å². The minimum atomic E-state index is -4.22. The van der Waals surface area contributed by atoms with Gasteiger partial charge >= 0.3 is 0 Å². The Morgan fingerprint density at radius 3 is 2.29 bits per heavy atom. The number of hydrogen-bond acceptors (Lipinski definition) is 3. The zero-order valence-corrected chi connectivity index (χ0v) is 15.1. The minimum Gasteiger partial charge on any atom is -0.236 e. The van der Waals surface area contributed by atoms with Gasteiger partial charge in [0.15, 0.2) is 16.7 Å². The molecule has 0 spiro atoms. The Labute approximate surface area is 159 Å². The fraction of sp³-hybridized carbons (Fsp3) is 0. The molecule has 0 aliphatic rings. The number of nitrogens with zero attached hydrogens (tertiary/aromatic N) is 1. The van der Waals surface area contributed by atoms with Gasteiger partial charge in [-0.1, -0.05) is 30.3 Å². The molecule has 0 amide bonds. The van der Waals surface area contributed by atoms with Crippen LogP contribution in [-0.4, -0.2) is 13.4 Å². The van der Waals surface area contributed by atoms with E-state index in [-0.39, 0.29) is 5.03 Å². The Bertz CT molecular complexity index is 1320. The van der Waals surface area contributed by atoms with Gasteiger partial charge in [0.05, 0.1) is 10.4 Å². The number of pyridine rings is 1. The Kier molecular flexibility index (Phi) is 4.39. The van der Waals surface area contributed by atoms with Crippen LogP contribution < -0.4 is 0 Å². The van der Waals surface area contributed by atoms with Crippen molar-refractivity contribution in [3.63, 3.8) is 0 Å². The van der Waals surface area contributed by atoms with Crippen LogP contribution in [-0.2, 0) is 9.84 Å². The Balaban J connectivity index is 1.99. The molecule has 4 aromatic rings. The van der Waals surface area contributed by atoms with Gasteiger partial charge in [0, 0.05) is 5.39 Å². The van der Waals surface area contributed by atoms with Crippen LogP contribution in [0, 0.1) is 17.5 Å². The Hall–Kier alpha value is -3.19. The van der Waals surface area contributed by atoms with Crippen molar-refractivity contribution in [1.29, 1.82) is 0 Å². The third-order valence-corrected chi connectivity index (χ3v) is 5.94. The highest BCUT2D eigenvalue weighted by atomic mass is 32.2. The van der Waals surface area contributed by atoms with Crippen molar-refractivity contribution in [3.8, 4) is 11.1 Å². The average molecular weight is 399 g/mol. The first-order chi connectivity index (χ1) is 13.4. The number of rotatable bonds is 3. The smallest absolute Gasteiger partial charge is 0.223 e. The van der Waals surface area contributed by atoms with Crippen molar-refractivity contribution in [1.82, 2.24) is 4.98 Å². The van der Waals surface area contributed by atoms with Crippen LogP contribution in [0.2, 0.25) is 0 Å². The maximum atomic E-state index is 13.7. The van der Waals surface area contributed by atoms with Gasteiger partial charge in [-0.25, -0.2) is 26.6 Å². The fourth-order valence-electron chi connectivity index (χ4n) is 2.95. The molecule has 0 saturated heterocycles. The second-order valence-corrected chi connectivity index (χ2v) is 8.01. The number of sulfone groups is 1. The van der Waals surface area contributed by atoms with Gasteiger partial charge in [-0.3, -0.25) is 0 Å². The third kappa shape index (κ3) is 3.14. The number of para-hydroxylation sites is 1. The molecule has 1 aromatic heterocycles. The third-order valence-electron chi connectivity index (χ3n) is 4.30. The summed E-state index contributed by atoms with van der Waals surface area (Å²) in [6.07, 6.45) is 0. The van der Waals surface area contributed by atoms with E-state index in [0.717, 1.165) is 12.1 Å². The maximum Gasteiger partial charge on any atom is 0.223 e. The summed E-state index contributed by atoms with van der Waals surface area (Å²) in [5.41, 5.74) is 1.32. The quantitative estimate of drug-likeness (QED) is 0.448. The largest absolute Gasteiger partial charge is 0.236 e. The second kappa shape index (κ2) is 6.76. The van der Waals surface area contributed by atoms with Crippen LogP contribution in [0.4, 0.5) is 13.2 Å². The maximum absolute atomic E-state index is 13.7. The SMILES string of the molecule is O=S(=O)(c1ccc(F)c(F)c1)c1cc(-c2cccc(F)c2)c2ccccc2n1. The fourth-order valence-corrected chi connectivity index (χ4v) is 4.19. The predicted octanol–water partition coefficient (Wildman–Crippen LogP) is 5.15. The highest BCUT2D eigenvalue weighted by Gasteiger charge is 2.23. The molecule has 0 fully saturated rings. The lowest BCUT2D eigenvalue weighted by Crippen LogP contribution is -2.06. The molecule has 0 atom stereocenters. The Morgan fingerprint density at radius 2 is 1.54 bits per heavy atom. The summed E-state index contributed by atoms with van der Waals surface area (Å²) in [6, 6.07) is 16.2. The van der Waals surface area contributed by atoms with Crippen molar-refractivity contribution in [2.24, 2.45) is 0 Å². The molecule has 0 aliphatic heterocycles. The van der Waals surface area contributed by atoms with Crippen molar-refractivity contribution in [3.05, 3.63) is 90.2 Å².